The fourth-order valence-corrected chi connectivity index (χ4v) is 3.78. The third kappa shape index (κ3) is 3.02. The van der Waals surface area contributed by atoms with Crippen LogP contribution in [0.4, 0.5) is 4.79 Å². The first-order chi connectivity index (χ1) is 8.64. The van der Waals surface area contributed by atoms with E-state index in [-0.39, 0.29) is 6.09 Å². The fraction of sp³-hybridized carbons (Fsp3) is 0.786. The summed E-state index contributed by atoms with van der Waals surface area (Å²) in [5, 5.41) is 0. The molecule has 4 heteroatoms. The van der Waals surface area contributed by atoms with Crippen LogP contribution in [0.15, 0.2) is 12.2 Å². The molecule has 0 unspecified atom stereocenters. The lowest BCUT2D eigenvalue weighted by atomic mass is 9.89. The molecule has 2 fully saturated rings. The second-order valence-electron chi connectivity index (χ2n) is 5.30. The SMILES string of the molecule is C=C(C)C1(OC(=O)N2CCCCC2)CCSCC1. The van der Waals surface area contributed by atoms with Crippen LogP contribution in [0.3, 0.4) is 0 Å². The number of nitrogens with zero attached hydrogens (tertiary/aromatic N) is 1. The molecule has 18 heavy (non-hydrogen) atoms. The van der Waals surface area contributed by atoms with Crippen LogP contribution in [0.2, 0.25) is 0 Å². The molecule has 2 saturated heterocycles. The van der Waals surface area contributed by atoms with Crippen molar-refractivity contribution in [3.8, 4) is 0 Å². The molecule has 2 aliphatic rings. The van der Waals surface area contributed by atoms with E-state index < -0.39 is 5.60 Å². The van der Waals surface area contributed by atoms with Crippen molar-refractivity contribution in [1.29, 1.82) is 0 Å². The van der Waals surface area contributed by atoms with Crippen LogP contribution < -0.4 is 0 Å². The minimum absolute atomic E-state index is 0.135. The smallest absolute Gasteiger partial charge is 0.410 e. The number of ether oxygens (including phenoxy) is 1. The van der Waals surface area contributed by atoms with Crippen LogP contribution in [-0.4, -0.2) is 41.2 Å². The molecule has 0 N–H and O–H groups in total. The van der Waals surface area contributed by atoms with Gasteiger partial charge in [0.25, 0.3) is 0 Å². The van der Waals surface area contributed by atoms with Gasteiger partial charge in [-0.2, -0.15) is 11.8 Å². The van der Waals surface area contributed by atoms with Crippen LogP contribution in [0, 0.1) is 0 Å². The third-order valence-corrected chi connectivity index (χ3v) is 4.96. The Morgan fingerprint density at radius 1 is 1.22 bits per heavy atom. The van der Waals surface area contributed by atoms with Crippen LogP contribution in [0.1, 0.15) is 39.0 Å². The molecule has 0 atom stereocenters. The van der Waals surface area contributed by atoms with E-state index in [0.29, 0.717) is 0 Å². The molecule has 0 spiro atoms. The molecule has 0 aliphatic carbocycles. The van der Waals surface area contributed by atoms with Gasteiger partial charge in [-0.3, -0.25) is 0 Å². The Labute approximate surface area is 114 Å². The van der Waals surface area contributed by atoms with Gasteiger partial charge in [0.2, 0.25) is 0 Å². The Morgan fingerprint density at radius 2 is 1.83 bits per heavy atom. The van der Waals surface area contributed by atoms with Crippen molar-refractivity contribution in [2.24, 2.45) is 0 Å². The lowest BCUT2D eigenvalue weighted by Crippen LogP contribution is -2.45. The van der Waals surface area contributed by atoms with Crippen LogP contribution in [-0.2, 0) is 4.74 Å². The normalized spacial score (nSPS) is 23.5. The summed E-state index contributed by atoms with van der Waals surface area (Å²) in [5.74, 6) is 2.11. The molecule has 1 amide bonds. The summed E-state index contributed by atoms with van der Waals surface area (Å²) in [6.07, 6.45) is 5.12. The summed E-state index contributed by atoms with van der Waals surface area (Å²) in [4.78, 5) is 14.1. The molecule has 0 saturated carbocycles. The Morgan fingerprint density at radius 3 is 2.39 bits per heavy atom. The predicted molar refractivity (Wildman–Crippen MR) is 76.0 cm³/mol. The number of rotatable bonds is 2. The van der Waals surface area contributed by atoms with Crippen molar-refractivity contribution in [3.05, 3.63) is 12.2 Å². The second-order valence-corrected chi connectivity index (χ2v) is 6.53. The standard InChI is InChI=1S/C14H23NO2S/c1-12(2)14(6-10-18-11-7-14)17-13(16)15-8-4-3-5-9-15/h1,3-11H2,2H3. The Balaban J connectivity index is 1.99. The van der Waals surface area contributed by atoms with Gasteiger partial charge in [0.15, 0.2) is 0 Å². The zero-order chi connectivity index (χ0) is 13.0. The summed E-state index contributed by atoms with van der Waals surface area (Å²) in [5.41, 5.74) is 0.591. The van der Waals surface area contributed by atoms with E-state index in [0.717, 1.165) is 55.9 Å². The molecular weight excluding hydrogens is 246 g/mol. The fourth-order valence-electron chi connectivity index (χ4n) is 2.63. The molecule has 2 aliphatic heterocycles. The minimum atomic E-state index is -0.403. The number of hydrogen-bond acceptors (Lipinski definition) is 3. The summed E-state index contributed by atoms with van der Waals surface area (Å²) in [6.45, 7) is 7.72. The Bertz CT molecular complexity index is 318. The first kappa shape index (κ1) is 13.8. The maximum Gasteiger partial charge on any atom is 0.410 e. The maximum atomic E-state index is 12.2. The number of hydrogen-bond donors (Lipinski definition) is 0. The molecule has 0 aromatic carbocycles. The Kier molecular flexibility index (Phi) is 4.60. The minimum Gasteiger partial charge on any atom is -0.438 e. The highest BCUT2D eigenvalue weighted by molar-refractivity contribution is 7.99. The van der Waals surface area contributed by atoms with Gasteiger partial charge in [-0.15, -0.1) is 0 Å². The first-order valence-corrected chi connectivity index (χ1v) is 8.01. The molecule has 0 radical (unpaired) electrons. The summed E-state index contributed by atoms with van der Waals surface area (Å²) < 4.78 is 5.85. The van der Waals surface area contributed by atoms with Gasteiger partial charge in [0.1, 0.15) is 5.60 Å². The maximum absolute atomic E-state index is 12.2. The van der Waals surface area contributed by atoms with E-state index in [1.807, 2.05) is 23.6 Å². The highest BCUT2D eigenvalue weighted by atomic mass is 32.2. The number of carbonyl (C=O) groups is 1. The summed E-state index contributed by atoms with van der Waals surface area (Å²) in [7, 11) is 0. The van der Waals surface area contributed by atoms with Gasteiger partial charge in [-0.05, 0) is 43.3 Å². The monoisotopic (exact) mass is 269 g/mol. The number of thioether (sulfide) groups is 1. The predicted octanol–water partition coefficient (Wildman–Crippen LogP) is 3.45. The van der Waals surface area contributed by atoms with Crippen LogP contribution in [0.5, 0.6) is 0 Å². The van der Waals surface area contributed by atoms with Gasteiger partial charge >= 0.3 is 6.09 Å². The molecule has 0 aromatic heterocycles. The van der Waals surface area contributed by atoms with Crippen molar-refractivity contribution >= 4 is 17.9 Å². The van der Waals surface area contributed by atoms with E-state index in [2.05, 4.69) is 6.58 Å². The molecule has 3 nitrogen and oxygen atoms in total. The van der Waals surface area contributed by atoms with E-state index in [1.165, 1.54) is 6.42 Å². The largest absolute Gasteiger partial charge is 0.438 e. The topological polar surface area (TPSA) is 29.5 Å². The van der Waals surface area contributed by atoms with Gasteiger partial charge < -0.3 is 9.64 Å². The number of piperidine rings is 1. The van der Waals surface area contributed by atoms with Crippen molar-refractivity contribution in [2.45, 2.75) is 44.6 Å². The molecule has 2 rings (SSSR count). The van der Waals surface area contributed by atoms with Crippen LogP contribution >= 0.6 is 11.8 Å². The van der Waals surface area contributed by atoms with Crippen molar-refractivity contribution in [3.63, 3.8) is 0 Å². The number of amides is 1. The number of likely N-dealkylation sites (tertiary alicyclic amines) is 1. The Hall–Kier alpha value is -0.640. The average molecular weight is 269 g/mol. The number of carbonyl (C=O) groups excluding carboxylic acids is 1. The third-order valence-electron chi connectivity index (χ3n) is 3.98. The highest BCUT2D eigenvalue weighted by Crippen LogP contribution is 2.36. The lowest BCUT2D eigenvalue weighted by Gasteiger charge is -2.39. The van der Waals surface area contributed by atoms with Gasteiger partial charge in [0, 0.05) is 25.9 Å². The molecule has 0 aromatic rings. The van der Waals surface area contributed by atoms with Gasteiger partial charge in [-0.1, -0.05) is 6.58 Å². The highest BCUT2D eigenvalue weighted by Gasteiger charge is 2.38. The van der Waals surface area contributed by atoms with Crippen molar-refractivity contribution in [2.75, 3.05) is 24.6 Å². The molecule has 0 bridgehead atoms. The molecular formula is C14H23NO2S. The molecule has 2 heterocycles. The van der Waals surface area contributed by atoms with Crippen molar-refractivity contribution < 1.29 is 9.53 Å². The lowest BCUT2D eigenvalue weighted by molar-refractivity contribution is 0.00570. The van der Waals surface area contributed by atoms with E-state index in [4.69, 9.17) is 4.74 Å². The van der Waals surface area contributed by atoms with Crippen molar-refractivity contribution in [1.82, 2.24) is 4.90 Å². The zero-order valence-electron chi connectivity index (χ0n) is 11.2. The van der Waals surface area contributed by atoms with Gasteiger partial charge in [0.05, 0.1) is 0 Å². The first-order valence-electron chi connectivity index (χ1n) is 6.86. The molecule has 102 valence electrons. The van der Waals surface area contributed by atoms with Crippen LogP contribution in [0.25, 0.3) is 0 Å². The van der Waals surface area contributed by atoms with E-state index in [1.54, 1.807) is 0 Å². The average Bonchev–Trinajstić information content (AvgIpc) is 2.40. The van der Waals surface area contributed by atoms with E-state index >= 15 is 0 Å². The quantitative estimate of drug-likeness (QED) is 0.719. The summed E-state index contributed by atoms with van der Waals surface area (Å²) in [6, 6.07) is 0. The van der Waals surface area contributed by atoms with Gasteiger partial charge in [-0.25, -0.2) is 4.79 Å². The second kappa shape index (κ2) is 6.00. The zero-order valence-corrected chi connectivity index (χ0v) is 12.1. The summed E-state index contributed by atoms with van der Waals surface area (Å²) >= 11 is 1.93. The van der Waals surface area contributed by atoms with E-state index in [9.17, 15) is 4.79 Å².